The second kappa shape index (κ2) is 12.5. The van der Waals surface area contributed by atoms with E-state index < -0.39 is 0 Å². The number of rotatable bonds is 10. The fraction of sp³-hybridized carbons (Fsp3) is 0.424. The number of carbonyl (C=O) groups excluding carboxylic acids is 1. The molecule has 1 aliphatic heterocycles. The molecule has 3 aromatic carbocycles. The van der Waals surface area contributed by atoms with E-state index in [1.165, 1.54) is 16.7 Å². The number of para-hydroxylation sites is 1. The molecule has 2 aliphatic rings. The smallest absolute Gasteiger partial charge is 0.225 e. The second-order valence-electron chi connectivity index (χ2n) is 10.8. The molecule has 1 saturated carbocycles. The second-order valence-corrected chi connectivity index (χ2v) is 10.8. The maximum Gasteiger partial charge on any atom is 0.225 e. The minimum absolute atomic E-state index is 0.167. The highest BCUT2D eigenvalue weighted by Crippen LogP contribution is 2.37. The molecule has 0 unspecified atom stereocenters. The number of ether oxygens (including phenoxy) is 2. The molecule has 1 aliphatic carbocycles. The molecule has 0 N–H and O–H groups in total. The lowest BCUT2D eigenvalue weighted by atomic mass is 9.88. The number of methoxy groups -OCH3 is 2. The third kappa shape index (κ3) is 6.21. The zero-order valence-electron chi connectivity index (χ0n) is 22.7. The van der Waals surface area contributed by atoms with E-state index in [-0.39, 0.29) is 5.92 Å². The molecule has 38 heavy (non-hydrogen) atoms. The van der Waals surface area contributed by atoms with Crippen LogP contribution in [0.5, 0.6) is 11.5 Å². The first kappa shape index (κ1) is 26.3. The van der Waals surface area contributed by atoms with E-state index in [4.69, 9.17) is 9.47 Å². The van der Waals surface area contributed by atoms with Crippen LogP contribution in [0, 0.1) is 11.8 Å². The molecular weight excluding hydrogens is 472 g/mol. The van der Waals surface area contributed by atoms with Crippen molar-refractivity contribution in [2.75, 3.05) is 33.9 Å². The predicted octanol–water partition coefficient (Wildman–Crippen LogP) is 6.14. The number of benzene rings is 3. The van der Waals surface area contributed by atoms with Gasteiger partial charge in [-0.25, -0.2) is 0 Å². The van der Waals surface area contributed by atoms with Crippen LogP contribution >= 0.6 is 0 Å². The molecule has 0 radical (unpaired) electrons. The summed E-state index contributed by atoms with van der Waals surface area (Å²) >= 11 is 0. The average molecular weight is 513 g/mol. The van der Waals surface area contributed by atoms with E-state index in [1.54, 1.807) is 14.2 Å². The molecule has 1 heterocycles. The lowest BCUT2D eigenvalue weighted by Crippen LogP contribution is -2.40. The quantitative estimate of drug-likeness (QED) is 0.327. The van der Waals surface area contributed by atoms with Crippen molar-refractivity contribution >= 4 is 5.91 Å². The number of likely N-dealkylation sites (tertiary alicyclic amines) is 1. The third-order valence-electron chi connectivity index (χ3n) is 8.31. The van der Waals surface area contributed by atoms with Gasteiger partial charge in [0.2, 0.25) is 5.91 Å². The molecule has 0 spiro atoms. The molecule has 0 bridgehead atoms. The van der Waals surface area contributed by atoms with Crippen LogP contribution in [-0.4, -0.2) is 49.6 Å². The van der Waals surface area contributed by atoms with Crippen LogP contribution in [0.25, 0.3) is 0 Å². The summed E-state index contributed by atoms with van der Waals surface area (Å²) in [6.07, 6.45) is 4.37. The largest absolute Gasteiger partial charge is 0.497 e. The van der Waals surface area contributed by atoms with Crippen LogP contribution < -0.4 is 9.47 Å². The Morgan fingerprint density at radius 1 is 0.895 bits per heavy atom. The van der Waals surface area contributed by atoms with E-state index in [1.807, 2.05) is 24.3 Å². The number of hydrogen-bond donors (Lipinski definition) is 0. The summed E-state index contributed by atoms with van der Waals surface area (Å²) in [6.45, 7) is 4.13. The molecule has 5 nitrogen and oxygen atoms in total. The summed E-state index contributed by atoms with van der Waals surface area (Å²) in [7, 11) is 3.46. The summed E-state index contributed by atoms with van der Waals surface area (Å²) in [5.74, 6) is 2.95. The number of carbonyl (C=O) groups is 1. The first-order chi connectivity index (χ1) is 18.6. The third-order valence-corrected chi connectivity index (χ3v) is 8.31. The number of nitrogens with zero attached hydrogens (tertiary/aromatic N) is 2. The topological polar surface area (TPSA) is 42.0 Å². The Morgan fingerprint density at radius 2 is 1.66 bits per heavy atom. The van der Waals surface area contributed by atoms with Gasteiger partial charge in [-0.2, -0.15) is 0 Å². The van der Waals surface area contributed by atoms with Crippen LogP contribution in [0.2, 0.25) is 0 Å². The number of hydrogen-bond acceptors (Lipinski definition) is 4. The van der Waals surface area contributed by atoms with Gasteiger partial charge in [-0.15, -0.1) is 0 Å². The van der Waals surface area contributed by atoms with Crippen molar-refractivity contribution < 1.29 is 14.3 Å². The van der Waals surface area contributed by atoms with Crippen molar-refractivity contribution in [3.8, 4) is 11.5 Å². The van der Waals surface area contributed by atoms with Gasteiger partial charge in [0, 0.05) is 50.1 Å². The minimum Gasteiger partial charge on any atom is -0.497 e. The van der Waals surface area contributed by atoms with Crippen LogP contribution in [0.1, 0.15) is 48.3 Å². The zero-order valence-corrected chi connectivity index (χ0v) is 22.7. The maximum atomic E-state index is 13.8. The molecule has 2 fully saturated rings. The summed E-state index contributed by atoms with van der Waals surface area (Å²) < 4.78 is 11.2. The van der Waals surface area contributed by atoms with E-state index >= 15 is 0 Å². The fourth-order valence-corrected chi connectivity index (χ4v) is 6.35. The Balaban J connectivity index is 1.41. The molecule has 3 aromatic rings. The monoisotopic (exact) mass is 512 g/mol. The van der Waals surface area contributed by atoms with Gasteiger partial charge in [0.1, 0.15) is 11.5 Å². The van der Waals surface area contributed by atoms with Gasteiger partial charge in [0.15, 0.2) is 0 Å². The van der Waals surface area contributed by atoms with Gasteiger partial charge in [-0.3, -0.25) is 9.69 Å². The Labute approximate surface area is 227 Å². The van der Waals surface area contributed by atoms with Crippen LogP contribution in [0.4, 0.5) is 0 Å². The van der Waals surface area contributed by atoms with Crippen molar-refractivity contribution in [3.63, 3.8) is 0 Å². The molecule has 200 valence electrons. The zero-order chi connectivity index (χ0) is 26.3. The van der Waals surface area contributed by atoms with Crippen molar-refractivity contribution in [3.05, 3.63) is 95.6 Å². The highest BCUT2D eigenvalue weighted by molar-refractivity contribution is 5.79. The summed E-state index contributed by atoms with van der Waals surface area (Å²) in [5, 5.41) is 0. The Kier molecular flexibility index (Phi) is 8.65. The lowest BCUT2D eigenvalue weighted by Gasteiger charge is -2.31. The Morgan fingerprint density at radius 3 is 2.42 bits per heavy atom. The molecule has 0 aromatic heterocycles. The molecule has 1 saturated heterocycles. The SMILES string of the molecule is COc1cccc([C@@H]2CN(Cc3ccccc3OC)C[C@@H]2CN(Cc2ccccc2)C(=O)C2CCCC2)c1. The van der Waals surface area contributed by atoms with E-state index in [0.717, 1.165) is 63.4 Å². The van der Waals surface area contributed by atoms with E-state index in [2.05, 4.69) is 64.4 Å². The van der Waals surface area contributed by atoms with Crippen molar-refractivity contribution in [1.82, 2.24) is 9.80 Å². The minimum atomic E-state index is 0.167. The van der Waals surface area contributed by atoms with Gasteiger partial charge in [-0.1, -0.05) is 73.5 Å². The normalized spacial score (nSPS) is 19.9. The average Bonchev–Trinajstić information content (AvgIpc) is 3.64. The molecule has 5 heteroatoms. The molecule has 2 atom stereocenters. The highest BCUT2D eigenvalue weighted by Gasteiger charge is 2.37. The van der Waals surface area contributed by atoms with Gasteiger partial charge in [0.05, 0.1) is 14.2 Å². The van der Waals surface area contributed by atoms with E-state index in [0.29, 0.717) is 24.3 Å². The first-order valence-electron chi connectivity index (χ1n) is 14.0. The van der Waals surface area contributed by atoms with Crippen molar-refractivity contribution in [1.29, 1.82) is 0 Å². The fourth-order valence-electron chi connectivity index (χ4n) is 6.35. The summed E-state index contributed by atoms with van der Waals surface area (Å²) in [6, 6.07) is 27.2. The Bertz CT molecular complexity index is 1190. The predicted molar refractivity (Wildman–Crippen MR) is 151 cm³/mol. The summed E-state index contributed by atoms with van der Waals surface area (Å²) in [5.41, 5.74) is 3.67. The van der Waals surface area contributed by atoms with Gasteiger partial charge in [0.25, 0.3) is 0 Å². The van der Waals surface area contributed by atoms with Crippen molar-refractivity contribution in [2.24, 2.45) is 11.8 Å². The summed E-state index contributed by atoms with van der Waals surface area (Å²) in [4.78, 5) is 18.5. The maximum absolute atomic E-state index is 13.8. The van der Waals surface area contributed by atoms with Crippen LogP contribution in [-0.2, 0) is 17.9 Å². The Hall–Kier alpha value is -3.31. The molecular formula is C33H40N2O3. The van der Waals surface area contributed by atoms with Gasteiger partial charge in [-0.05, 0) is 48.1 Å². The highest BCUT2D eigenvalue weighted by atomic mass is 16.5. The van der Waals surface area contributed by atoms with Gasteiger partial charge < -0.3 is 14.4 Å². The lowest BCUT2D eigenvalue weighted by molar-refractivity contribution is -0.136. The number of amides is 1. The van der Waals surface area contributed by atoms with Gasteiger partial charge >= 0.3 is 0 Å². The first-order valence-corrected chi connectivity index (χ1v) is 14.0. The van der Waals surface area contributed by atoms with Crippen LogP contribution in [0.3, 0.4) is 0 Å². The van der Waals surface area contributed by atoms with E-state index in [9.17, 15) is 4.79 Å². The van der Waals surface area contributed by atoms with Crippen molar-refractivity contribution in [2.45, 2.75) is 44.7 Å². The molecule has 5 rings (SSSR count). The molecule has 1 amide bonds. The van der Waals surface area contributed by atoms with Crippen LogP contribution in [0.15, 0.2) is 78.9 Å². The standard InChI is InChI=1S/C33H40N2O3/c1-37-30-17-10-16-27(19-30)31-24-34(21-28-15-8-9-18-32(28)38-2)22-29(31)23-35(20-25-11-4-3-5-12-25)33(36)26-13-6-7-14-26/h3-5,8-12,15-19,26,29,31H,6-7,13-14,20-24H2,1-2H3/t29-,31+/m1/s1.